The van der Waals surface area contributed by atoms with Crippen molar-refractivity contribution in [2.75, 3.05) is 13.6 Å². The largest absolute Gasteiger partial charge is 0.390 e. The van der Waals surface area contributed by atoms with Crippen molar-refractivity contribution < 1.29 is 9.90 Å². The van der Waals surface area contributed by atoms with Gasteiger partial charge in [-0.2, -0.15) is 0 Å². The number of carbonyl (C=O) groups is 1. The summed E-state index contributed by atoms with van der Waals surface area (Å²) in [4.78, 5) is 15.3. The van der Waals surface area contributed by atoms with Crippen LogP contribution in [0.15, 0.2) is 36.4 Å². The van der Waals surface area contributed by atoms with E-state index in [2.05, 4.69) is 31.2 Å². The van der Waals surface area contributed by atoms with Crippen LogP contribution < -0.4 is 0 Å². The zero-order valence-corrected chi connectivity index (χ0v) is 16.1. The Morgan fingerprint density at radius 2 is 1.96 bits per heavy atom. The number of amides is 1. The summed E-state index contributed by atoms with van der Waals surface area (Å²) in [6.07, 6.45) is 10.9. The van der Waals surface area contributed by atoms with Gasteiger partial charge in [-0.05, 0) is 55.4 Å². The van der Waals surface area contributed by atoms with E-state index in [0.717, 1.165) is 37.7 Å². The molecule has 0 aliphatic heterocycles. The van der Waals surface area contributed by atoms with Crippen LogP contribution in [-0.2, 0) is 4.79 Å². The van der Waals surface area contributed by atoms with E-state index in [-0.39, 0.29) is 16.7 Å². The van der Waals surface area contributed by atoms with Crippen molar-refractivity contribution in [1.82, 2.24) is 4.90 Å². The van der Waals surface area contributed by atoms with E-state index in [1.807, 2.05) is 30.1 Å². The molecule has 3 nitrogen and oxygen atoms in total. The number of rotatable bonds is 5. The molecular formula is C23H31NO2. The fraction of sp³-hybridized carbons (Fsp3) is 0.609. The predicted octanol–water partition coefficient (Wildman–Crippen LogP) is 4.27. The van der Waals surface area contributed by atoms with Gasteiger partial charge >= 0.3 is 0 Å². The number of benzene rings is 1. The maximum absolute atomic E-state index is 13.4. The lowest BCUT2D eigenvalue weighted by molar-refractivity contribution is -0.208. The number of carbonyl (C=O) groups excluding carboxylic acids is 1. The maximum atomic E-state index is 13.4. The van der Waals surface area contributed by atoms with Gasteiger partial charge in [-0.25, -0.2) is 0 Å². The molecular weight excluding hydrogens is 322 g/mol. The van der Waals surface area contributed by atoms with Crippen LogP contribution in [-0.4, -0.2) is 35.1 Å². The Hall–Kier alpha value is -1.61. The van der Waals surface area contributed by atoms with Crippen molar-refractivity contribution in [2.45, 2.75) is 57.5 Å². The van der Waals surface area contributed by atoms with Crippen molar-refractivity contribution in [3.8, 4) is 0 Å². The second kappa shape index (κ2) is 6.23. The van der Waals surface area contributed by atoms with Crippen LogP contribution in [0.5, 0.6) is 0 Å². The van der Waals surface area contributed by atoms with Crippen molar-refractivity contribution in [1.29, 1.82) is 0 Å². The number of nitrogens with zero attached hydrogens (tertiary/aromatic N) is 1. The zero-order chi connectivity index (χ0) is 18.4. The summed E-state index contributed by atoms with van der Waals surface area (Å²) in [5, 5.41) is 11.1. The van der Waals surface area contributed by atoms with E-state index < -0.39 is 5.60 Å². The second-order valence-electron chi connectivity index (χ2n) is 9.37. The fourth-order valence-corrected chi connectivity index (χ4v) is 6.62. The number of hydrogen-bond donors (Lipinski definition) is 1. The summed E-state index contributed by atoms with van der Waals surface area (Å²) in [5.74, 6) is 0.768. The van der Waals surface area contributed by atoms with Crippen LogP contribution in [0.25, 0.3) is 6.08 Å². The Morgan fingerprint density at radius 1 is 1.19 bits per heavy atom. The highest BCUT2D eigenvalue weighted by Crippen LogP contribution is 2.67. The molecule has 140 valence electrons. The molecule has 0 unspecified atom stereocenters. The van der Waals surface area contributed by atoms with Crippen molar-refractivity contribution >= 4 is 12.0 Å². The van der Waals surface area contributed by atoms with Crippen LogP contribution in [0.3, 0.4) is 0 Å². The fourth-order valence-electron chi connectivity index (χ4n) is 6.62. The molecule has 0 saturated heterocycles. The number of aliphatic hydroxyl groups is 1. The molecule has 1 N–H and O–H groups in total. The quantitative estimate of drug-likeness (QED) is 0.859. The lowest BCUT2D eigenvalue weighted by atomic mass is 9.42. The van der Waals surface area contributed by atoms with Gasteiger partial charge in [-0.15, -0.1) is 0 Å². The molecule has 0 spiro atoms. The molecule has 4 bridgehead atoms. The molecule has 4 atom stereocenters. The summed E-state index contributed by atoms with van der Waals surface area (Å²) in [5.41, 5.74) is 0.401. The van der Waals surface area contributed by atoms with E-state index in [4.69, 9.17) is 0 Å². The maximum Gasteiger partial charge on any atom is 0.228 e. The lowest BCUT2D eigenvalue weighted by Crippen LogP contribution is -2.63. The van der Waals surface area contributed by atoms with Crippen LogP contribution in [0.4, 0.5) is 0 Å². The zero-order valence-electron chi connectivity index (χ0n) is 16.1. The molecule has 4 aliphatic rings. The van der Waals surface area contributed by atoms with Gasteiger partial charge in [0.2, 0.25) is 5.91 Å². The molecule has 4 saturated carbocycles. The highest BCUT2D eigenvalue weighted by Gasteiger charge is 2.65. The lowest BCUT2D eigenvalue weighted by Gasteiger charge is -2.64. The summed E-state index contributed by atoms with van der Waals surface area (Å²) in [7, 11) is 1.92. The van der Waals surface area contributed by atoms with Gasteiger partial charge in [-0.1, -0.05) is 55.8 Å². The SMILES string of the molecule is CC[C@]12C[C@H]3C[C@@](O)(C1)C[C@@](C(=O)N(C)C/C=C/c1ccccc1)(C3)C2. The topological polar surface area (TPSA) is 40.5 Å². The Labute approximate surface area is 157 Å². The van der Waals surface area contributed by atoms with Crippen molar-refractivity contribution in [3.05, 3.63) is 42.0 Å². The Balaban J connectivity index is 1.49. The molecule has 0 heterocycles. The summed E-state index contributed by atoms with van der Waals surface area (Å²) < 4.78 is 0. The standard InChI is InChI=1S/C23H31NO2/c1-3-21-12-19-13-22(15-21,17-23(26,14-19)16-21)20(25)24(2)11-7-10-18-8-5-4-6-9-18/h4-10,19,26H,3,11-17H2,1-2H3/b10-7+/t19-,21-,22-,23-/m1/s1. The van der Waals surface area contributed by atoms with Crippen LogP contribution in [0.1, 0.15) is 57.4 Å². The van der Waals surface area contributed by atoms with Gasteiger partial charge in [0.15, 0.2) is 0 Å². The molecule has 1 aromatic rings. The Kier molecular flexibility index (Phi) is 4.26. The first-order valence-electron chi connectivity index (χ1n) is 10.1. The van der Waals surface area contributed by atoms with E-state index in [9.17, 15) is 9.90 Å². The normalized spacial score (nSPS) is 38.0. The summed E-state index contributed by atoms with van der Waals surface area (Å²) in [6, 6.07) is 10.2. The first-order valence-corrected chi connectivity index (χ1v) is 10.1. The number of likely N-dealkylation sites (N-methyl/N-ethyl adjacent to an activating group) is 1. The molecule has 4 aliphatic carbocycles. The van der Waals surface area contributed by atoms with Gasteiger partial charge in [-0.3, -0.25) is 4.79 Å². The molecule has 4 fully saturated rings. The predicted molar refractivity (Wildman–Crippen MR) is 104 cm³/mol. The highest BCUT2D eigenvalue weighted by atomic mass is 16.3. The van der Waals surface area contributed by atoms with E-state index in [1.54, 1.807) is 0 Å². The van der Waals surface area contributed by atoms with Gasteiger partial charge < -0.3 is 10.0 Å². The number of hydrogen-bond acceptors (Lipinski definition) is 2. The average Bonchev–Trinajstić information content (AvgIpc) is 2.60. The van der Waals surface area contributed by atoms with Crippen molar-refractivity contribution in [3.63, 3.8) is 0 Å². The molecule has 3 heteroatoms. The van der Waals surface area contributed by atoms with E-state index in [0.29, 0.717) is 18.9 Å². The summed E-state index contributed by atoms with van der Waals surface area (Å²) in [6.45, 7) is 2.86. The Morgan fingerprint density at radius 3 is 2.65 bits per heavy atom. The van der Waals surface area contributed by atoms with Crippen molar-refractivity contribution in [2.24, 2.45) is 16.7 Å². The third-order valence-corrected chi connectivity index (χ3v) is 7.19. The molecule has 0 aromatic heterocycles. The van der Waals surface area contributed by atoms with Crippen LogP contribution in [0, 0.1) is 16.7 Å². The first kappa shape index (κ1) is 17.8. The van der Waals surface area contributed by atoms with Crippen LogP contribution >= 0.6 is 0 Å². The third kappa shape index (κ3) is 3.00. The third-order valence-electron chi connectivity index (χ3n) is 7.19. The molecule has 1 aromatic carbocycles. The van der Waals surface area contributed by atoms with Gasteiger partial charge in [0.25, 0.3) is 0 Å². The van der Waals surface area contributed by atoms with Gasteiger partial charge in [0, 0.05) is 13.6 Å². The average molecular weight is 354 g/mol. The minimum Gasteiger partial charge on any atom is -0.390 e. The van der Waals surface area contributed by atoms with Gasteiger partial charge in [0.1, 0.15) is 0 Å². The van der Waals surface area contributed by atoms with Crippen LogP contribution in [0.2, 0.25) is 0 Å². The monoisotopic (exact) mass is 353 g/mol. The second-order valence-corrected chi connectivity index (χ2v) is 9.37. The van der Waals surface area contributed by atoms with E-state index >= 15 is 0 Å². The smallest absolute Gasteiger partial charge is 0.228 e. The Bertz CT molecular complexity index is 714. The molecule has 0 radical (unpaired) electrons. The van der Waals surface area contributed by atoms with E-state index in [1.165, 1.54) is 6.42 Å². The molecule has 1 amide bonds. The molecule has 5 rings (SSSR count). The minimum absolute atomic E-state index is 0.185. The van der Waals surface area contributed by atoms with Gasteiger partial charge in [0.05, 0.1) is 11.0 Å². The highest BCUT2D eigenvalue weighted by molar-refractivity contribution is 5.83. The first-order chi connectivity index (χ1) is 12.4. The summed E-state index contributed by atoms with van der Waals surface area (Å²) >= 11 is 0. The minimum atomic E-state index is -0.605. The molecule has 26 heavy (non-hydrogen) atoms.